The van der Waals surface area contributed by atoms with Crippen LogP contribution in [-0.4, -0.2) is 16.3 Å². The molecule has 4 nitrogen and oxygen atoms in total. The molecular weight excluding hydrogens is 308 g/mol. The molecule has 0 saturated carbocycles. The first kappa shape index (κ1) is 15.6. The van der Waals surface area contributed by atoms with Crippen molar-refractivity contribution in [2.24, 2.45) is 0 Å². The molecule has 23 heavy (non-hydrogen) atoms. The number of amides is 1. The molecule has 1 fully saturated rings. The van der Waals surface area contributed by atoms with E-state index in [1.165, 1.54) is 5.56 Å². The first-order valence-corrected chi connectivity index (χ1v) is 8.71. The predicted octanol–water partition coefficient (Wildman–Crippen LogP) is 3.65. The molecule has 2 N–H and O–H groups in total. The van der Waals surface area contributed by atoms with Crippen molar-refractivity contribution < 1.29 is 9.35 Å². The molecule has 118 valence electrons. The molecule has 0 bridgehead atoms. The Morgan fingerprint density at radius 1 is 1.04 bits per heavy atom. The summed E-state index contributed by atoms with van der Waals surface area (Å²) in [5.41, 5.74) is 4.01. The van der Waals surface area contributed by atoms with E-state index in [1.807, 2.05) is 62.4 Å². The number of anilines is 2. The summed E-state index contributed by atoms with van der Waals surface area (Å²) in [5.74, 6) is 0.155. The SMILES string of the molecule is Cc1ccc(N/C=C2\C(=O)N(c3ccc(C)cc3)C[S+]2O)cc1. The van der Waals surface area contributed by atoms with Crippen molar-refractivity contribution >= 4 is 28.5 Å². The van der Waals surface area contributed by atoms with Crippen LogP contribution >= 0.6 is 0 Å². The summed E-state index contributed by atoms with van der Waals surface area (Å²) < 4.78 is 10.2. The standard InChI is InChI=1S/C18H18N2O2S/c1-13-3-7-15(8-4-13)19-11-17-18(21)20(12-23(17)22)16-9-5-14(2)6-10-16/h3-11,22H,12H2,1-2H3/p+1. The van der Waals surface area contributed by atoms with E-state index in [1.54, 1.807) is 11.1 Å². The lowest BCUT2D eigenvalue weighted by atomic mass is 10.2. The van der Waals surface area contributed by atoms with Gasteiger partial charge in [0.05, 0.1) is 6.20 Å². The third-order valence-electron chi connectivity index (χ3n) is 3.73. The highest BCUT2D eigenvalue weighted by Gasteiger charge is 2.45. The summed E-state index contributed by atoms with van der Waals surface area (Å²) in [4.78, 5) is 14.6. The van der Waals surface area contributed by atoms with Gasteiger partial charge in [-0.3, -0.25) is 9.69 Å². The fourth-order valence-corrected chi connectivity index (χ4v) is 3.49. The monoisotopic (exact) mass is 327 g/mol. The zero-order valence-corrected chi connectivity index (χ0v) is 13.9. The molecule has 1 unspecified atom stereocenters. The zero-order valence-electron chi connectivity index (χ0n) is 13.1. The number of nitrogens with one attached hydrogen (secondary N) is 1. The molecule has 2 aromatic rings. The highest BCUT2D eigenvalue weighted by Crippen LogP contribution is 2.28. The summed E-state index contributed by atoms with van der Waals surface area (Å²) in [5, 5.41) is 3.09. The van der Waals surface area contributed by atoms with Crippen molar-refractivity contribution in [2.45, 2.75) is 13.8 Å². The smallest absolute Gasteiger partial charge is 0.315 e. The largest absolute Gasteiger partial charge is 0.357 e. The minimum atomic E-state index is -1.08. The Balaban J connectivity index is 1.78. The van der Waals surface area contributed by atoms with Gasteiger partial charge in [-0.1, -0.05) is 35.4 Å². The molecule has 1 saturated heterocycles. The number of hydrogen-bond acceptors (Lipinski definition) is 3. The second-order valence-electron chi connectivity index (χ2n) is 5.58. The van der Waals surface area contributed by atoms with Crippen LogP contribution in [0.3, 0.4) is 0 Å². The Morgan fingerprint density at radius 2 is 1.61 bits per heavy atom. The van der Waals surface area contributed by atoms with Crippen LogP contribution in [0.25, 0.3) is 0 Å². The normalized spacial score (nSPS) is 19.4. The number of rotatable bonds is 3. The topological polar surface area (TPSA) is 52.6 Å². The fourth-order valence-electron chi connectivity index (χ4n) is 2.33. The van der Waals surface area contributed by atoms with E-state index >= 15 is 0 Å². The average molecular weight is 327 g/mol. The van der Waals surface area contributed by atoms with E-state index < -0.39 is 11.2 Å². The predicted molar refractivity (Wildman–Crippen MR) is 96.4 cm³/mol. The lowest BCUT2D eigenvalue weighted by Gasteiger charge is -2.10. The Hall–Kier alpha value is -2.24. The Labute approximate surface area is 139 Å². The number of benzene rings is 2. The average Bonchev–Trinajstić information content (AvgIpc) is 2.82. The van der Waals surface area contributed by atoms with Crippen LogP contribution in [0.5, 0.6) is 0 Å². The van der Waals surface area contributed by atoms with Gasteiger partial charge in [0.25, 0.3) is 4.91 Å². The first-order chi connectivity index (χ1) is 11.0. The lowest BCUT2D eigenvalue weighted by Crippen LogP contribution is -2.24. The summed E-state index contributed by atoms with van der Waals surface area (Å²) in [6.07, 6.45) is 1.62. The molecule has 0 spiro atoms. The summed E-state index contributed by atoms with van der Waals surface area (Å²) in [7, 11) is 0. The van der Waals surface area contributed by atoms with E-state index in [2.05, 4.69) is 5.32 Å². The quantitative estimate of drug-likeness (QED) is 0.668. The van der Waals surface area contributed by atoms with Crippen molar-refractivity contribution in [3.8, 4) is 0 Å². The highest BCUT2D eigenvalue weighted by atomic mass is 32.2. The Morgan fingerprint density at radius 3 is 2.22 bits per heavy atom. The molecule has 2 aromatic carbocycles. The van der Waals surface area contributed by atoms with Gasteiger partial charge in [-0.25, -0.2) is 0 Å². The summed E-state index contributed by atoms with van der Waals surface area (Å²) in [6, 6.07) is 15.6. The molecule has 0 aliphatic carbocycles. The van der Waals surface area contributed by atoms with E-state index in [0.717, 1.165) is 16.9 Å². The van der Waals surface area contributed by atoms with Crippen LogP contribution in [-0.2, 0) is 16.0 Å². The van der Waals surface area contributed by atoms with Gasteiger partial charge in [-0.15, -0.1) is 0 Å². The number of nitrogens with zero attached hydrogens (tertiary/aromatic N) is 1. The van der Waals surface area contributed by atoms with Gasteiger partial charge in [0.2, 0.25) is 17.1 Å². The maximum atomic E-state index is 12.5. The molecule has 0 aromatic heterocycles. The Bertz CT molecular complexity index is 739. The van der Waals surface area contributed by atoms with Crippen LogP contribution in [0.1, 0.15) is 11.1 Å². The van der Waals surface area contributed by atoms with Crippen LogP contribution in [0.4, 0.5) is 11.4 Å². The lowest BCUT2D eigenvalue weighted by molar-refractivity contribution is -0.114. The number of hydrogen-bond donors (Lipinski definition) is 2. The van der Waals surface area contributed by atoms with Crippen molar-refractivity contribution in [3.05, 3.63) is 70.8 Å². The van der Waals surface area contributed by atoms with E-state index in [0.29, 0.717) is 10.8 Å². The van der Waals surface area contributed by atoms with Crippen LogP contribution in [0.2, 0.25) is 0 Å². The van der Waals surface area contributed by atoms with Gasteiger partial charge in [0.1, 0.15) is 0 Å². The van der Waals surface area contributed by atoms with E-state index in [-0.39, 0.29) is 5.91 Å². The van der Waals surface area contributed by atoms with E-state index in [9.17, 15) is 9.35 Å². The Kier molecular flexibility index (Phi) is 4.41. The maximum absolute atomic E-state index is 12.5. The number of aryl methyl sites for hydroxylation is 2. The summed E-state index contributed by atoms with van der Waals surface area (Å²) in [6.45, 7) is 4.02. The van der Waals surface area contributed by atoms with Crippen LogP contribution in [0.15, 0.2) is 59.6 Å². The van der Waals surface area contributed by atoms with Gasteiger partial charge in [-0.2, -0.15) is 4.55 Å². The molecule has 1 aliphatic rings. The third kappa shape index (κ3) is 3.41. The van der Waals surface area contributed by atoms with Crippen molar-refractivity contribution in [3.63, 3.8) is 0 Å². The second kappa shape index (κ2) is 6.48. The van der Waals surface area contributed by atoms with Crippen molar-refractivity contribution in [1.29, 1.82) is 0 Å². The van der Waals surface area contributed by atoms with Crippen molar-refractivity contribution in [2.75, 3.05) is 16.1 Å². The van der Waals surface area contributed by atoms with Gasteiger partial charge in [0, 0.05) is 11.4 Å². The van der Waals surface area contributed by atoms with Crippen LogP contribution in [0, 0.1) is 13.8 Å². The molecule has 1 aliphatic heterocycles. The molecular formula is C18H19N2O2S+. The molecule has 1 atom stereocenters. The molecule has 1 heterocycles. The van der Waals surface area contributed by atoms with Gasteiger partial charge in [0.15, 0.2) is 0 Å². The van der Waals surface area contributed by atoms with Crippen molar-refractivity contribution in [1.82, 2.24) is 0 Å². The van der Waals surface area contributed by atoms with Gasteiger partial charge in [-0.05, 0) is 38.1 Å². The fraction of sp³-hybridized carbons (Fsp3) is 0.167. The van der Waals surface area contributed by atoms with E-state index in [4.69, 9.17) is 0 Å². The minimum absolute atomic E-state index is 0.153. The first-order valence-electron chi connectivity index (χ1n) is 7.36. The highest BCUT2D eigenvalue weighted by molar-refractivity contribution is 7.97. The van der Waals surface area contributed by atoms with Crippen LogP contribution < -0.4 is 10.2 Å². The third-order valence-corrected chi connectivity index (χ3v) is 5.03. The molecule has 1 amide bonds. The number of carbonyl (C=O) groups excluding carboxylic acids is 1. The molecule has 3 rings (SSSR count). The molecule has 5 heteroatoms. The number of carbonyl (C=O) groups is 1. The van der Waals surface area contributed by atoms with Gasteiger partial charge < -0.3 is 5.32 Å². The minimum Gasteiger partial charge on any atom is -0.357 e. The summed E-state index contributed by atoms with van der Waals surface area (Å²) >= 11 is -1.08. The zero-order chi connectivity index (χ0) is 16.4. The van der Waals surface area contributed by atoms with Gasteiger partial charge >= 0.3 is 5.91 Å². The maximum Gasteiger partial charge on any atom is 0.315 e. The molecule has 0 radical (unpaired) electrons. The second-order valence-corrected chi connectivity index (χ2v) is 7.01.